The van der Waals surface area contributed by atoms with Gasteiger partial charge in [0, 0.05) is 17.5 Å². The Kier molecular flexibility index (Phi) is 4.37. The Morgan fingerprint density at radius 3 is 2.10 bits per heavy atom. The Bertz CT molecular complexity index is 620. The minimum atomic E-state index is -0.609. The molecule has 21 heavy (non-hydrogen) atoms. The lowest BCUT2D eigenvalue weighted by Crippen LogP contribution is -2.42. The molecule has 1 atom stereocenters. The molecule has 1 nitrogen and oxygen atoms in total. The van der Waals surface area contributed by atoms with Crippen LogP contribution in [0.25, 0.3) is 0 Å². The smallest absolute Gasteiger partial charge is 0.129 e. The van der Waals surface area contributed by atoms with Crippen molar-refractivity contribution < 1.29 is 13.2 Å². The van der Waals surface area contributed by atoms with Crippen molar-refractivity contribution in [3.8, 4) is 0 Å². The highest BCUT2D eigenvalue weighted by Gasteiger charge is 2.29. The van der Waals surface area contributed by atoms with E-state index in [0.29, 0.717) is 5.56 Å². The van der Waals surface area contributed by atoms with Crippen LogP contribution in [0.15, 0.2) is 42.5 Å². The van der Waals surface area contributed by atoms with Crippen LogP contribution in [0.1, 0.15) is 25.0 Å². The molecule has 0 aromatic heterocycles. The minimum Gasteiger partial charge on any atom is -0.327 e. The lowest BCUT2D eigenvalue weighted by atomic mass is 9.76. The lowest BCUT2D eigenvalue weighted by Gasteiger charge is -2.32. The molecule has 0 aliphatic heterocycles. The first-order valence-corrected chi connectivity index (χ1v) is 6.76. The molecule has 4 heteroatoms. The first kappa shape index (κ1) is 15.6. The van der Waals surface area contributed by atoms with E-state index in [-0.39, 0.29) is 18.3 Å². The van der Waals surface area contributed by atoms with Gasteiger partial charge in [0.25, 0.3) is 0 Å². The predicted molar refractivity (Wildman–Crippen MR) is 77.5 cm³/mol. The molecule has 2 aromatic carbocycles. The van der Waals surface area contributed by atoms with E-state index in [4.69, 9.17) is 5.73 Å². The molecule has 0 amide bonds. The van der Waals surface area contributed by atoms with Gasteiger partial charge >= 0.3 is 0 Å². The fourth-order valence-electron chi connectivity index (χ4n) is 2.27. The van der Waals surface area contributed by atoms with Gasteiger partial charge in [-0.25, -0.2) is 13.2 Å². The third kappa shape index (κ3) is 3.45. The fraction of sp³-hybridized carbons (Fsp3) is 0.294. The van der Waals surface area contributed by atoms with Crippen molar-refractivity contribution in [2.75, 3.05) is 0 Å². The molecule has 0 heterocycles. The van der Waals surface area contributed by atoms with Crippen molar-refractivity contribution in [3.05, 3.63) is 71.0 Å². The van der Waals surface area contributed by atoms with Crippen molar-refractivity contribution in [1.29, 1.82) is 0 Å². The summed E-state index contributed by atoms with van der Waals surface area (Å²) in [6.45, 7) is 3.85. The maximum atomic E-state index is 13.7. The van der Waals surface area contributed by atoms with E-state index in [1.807, 2.05) is 13.8 Å². The first-order valence-electron chi connectivity index (χ1n) is 6.76. The van der Waals surface area contributed by atoms with Gasteiger partial charge in [0.05, 0.1) is 0 Å². The summed E-state index contributed by atoms with van der Waals surface area (Å²) in [5.41, 5.74) is 6.99. The van der Waals surface area contributed by atoms with Gasteiger partial charge in [-0.1, -0.05) is 32.0 Å². The van der Waals surface area contributed by atoms with E-state index >= 15 is 0 Å². The average molecular weight is 293 g/mol. The van der Waals surface area contributed by atoms with Crippen molar-refractivity contribution in [2.24, 2.45) is 5.73 Å². The summed E-state index contributed by atoms with van der Waals surface area (Å²) >= 11 is 0. The molecular weight excluding hydrogens is 275 g/mol. The Labute approximate surface area is 122 Å². The van der Waals surface area contributed by atoms with Crippen LogP contribution in [-0.4, -0.2) is 6.04 Å². The van der Waals surface area contributed by atoms with Crippen LogP contribution in [0.5, 0.6) is 0 Å². The number of nitrogens with two attached hydrogens (primary N) is 1. The van der Waals surface area contributed by atoms with Crippen LogP contribution < -0.4 is 5.73 Å². The summed E-state index contributed by atoms with van der Waals surface area (Å²) < 4.78 is 39.6. The van der Waals surface area contributed by atoms with Crippen LogP contribution >= 0.6 is 0 Å². The van der Waals surface area contributed by atoms with Gasteiger partial charge in [0.2, 0.25) is 0 Å². The van der Waals surface area contributed by atoms with E-state index in [0.717, 1.165) is 11.6 Å². The average Bonchev–Trinajstić information content (AvgIpc) is 2.42. The van der Waals surface area contributed by atoms with E-state index in [1.165, 1.54) is 24.3 Å². The number of halogens is 3. The molecule has 0 fully saturated rings. The Hall–Kier alpha value is -1.81. The summed E-state index contributed by atoms with van der Waals surface area (Å²) in [7, 11) is 0. The Morgan fingerprint density at radius 2 is 1.52 bits per heavy atom. The van der Waals surface area contributed by atoms with Crippen molar-refractivity contribution in [3.63, 3.8) is 0 Å². The molecule has 0 saturated heterocycles. The van der Waals surface area contributed by atoms with Crippen molar-refractivity contribution in [2.45, 2.75) is 31.7 Å². The van der Waals surface area contributed by atoms with Gasteiger partial charge in [-0.2, -0.15) is 0 Å². The second-order valence-corrected chi connectivity index (χ2v) is 5.77. The van der Waals surface area contributed by atoms with Gasteiger partial charge in [-0.3, -0.25) is 0 Å². The van der Waals surface area contributed by atoms with Crippen molar-refractivity contribution in [1.82, 2.24) is 0 Å². The standard InChI is InChI=1S/C17H18F3N/c1-17(2,12-4-7-13(18)8-5-12)16(21)9-11-3-6-14(19)10-15(11)20/h3-8,10,16H,9,21H2,1-2H3. The topological polar surface area (TPSA) is 26.0 Å². The second kappa shape index (κ2) is 5.90. The second-order valence-electron chi connectivity index (χ2n) is 5.77. The van der Waals surface area contributed by atoms with Crippen molar-refractivity contribution >= 4 is 0 Å². The SMILES string of the molecule is CC(C)(c1ccc(F)cc1)C(N)Cc1ccc(F)cc1F. The lowest BCUT2D eigenvalue weighted by molar-refractivity contribution is 0.401. The zero-order chi connectivity index (χ0) is 15.6. The molecule has 1 unspecified atom stereocenters. The highest BCUT2D eigenvalue weighted by atomic mass is 19.1. The summed E-state index contributed by atoms with van der Waals surface area (Å²) in [6, 6.07) is 9.20. The fourth-order valence-corrected chi connectivity index (χ4v) is 2.27. The maximum absolute atomic E-state index is 13.7. The molecule has 0 spiro atoms. The highest BCUT2D eigenvalue weighted by Crippen LogP contribution is 2.28. The minimum absolute atomic E-state index is 0.274. The molecule has 0 aliphatic rings. The van der Waals surface area contributed by atoms with Gasteiger partial charge in [0.1, 0.15) is 17.5 Å². The highest BCUT2D eigenvalue weighted by molar-refractivity contribution is 5.28. The molecule has 112 valence electrons. The zero-order valence-corrected chi connectivity index (χ0v) is 12.0. The molecule has 2 N–H and O–H groups in total. The molecule has 0 radical (unpaired) electrons. The normalized spacial score (nSPS) is 13.2. The van der Waals surface area contributed by atoms with E-state index in [2.05, 4.69) is 0 Å². The number of benzene rings is 2. The number of hydrogen-bond donors (Lipinski definition) is 1. The number of rotatable bonds is 4. The Balaban J connectivity index is 2.21. The Morgan fingerprint density at radius 1 is 0.952 bits per heavy atom. The third-order valence-electron chi connectivity index (χ3n) is 3.97. The van der Waals surface area contributed by atoms with E-state index in [9.17, 15) is 13.2 Å². The molecule has 0 aliphatic carbocycles. The van der Waals surface area contributed by atoms with Crippen LogP contribution in [0.3, 0.4) is 0 Å². The maximum Gasteiger partial charge on any atom is 0.129 e. The predicted octanol–water partition coefficient (Wildman–Crippen LogP) is 3.95. The van der Waals surface area contributed by atoms with Crippen LogP contribution in [-0.2, 0) is 11.8 Å². The van der Waals surface area contributed by atoms with Crippen LogP contribution in [0.4, 0.5) is 13.2 Å². The molecular formula is C17H18F3N. The van der Waals surface area contributed by atoms with E-state index in [1.54, 1.807) is 12.1 Å². The first-order chi connectivity index (χ1) is 9.80. The third-order valence-corrected chi connectivity index (χ3v) is 3.97. The summed E-state index contributed by atoms with van der Waals surface area (Å²) in [6.07, 6.45) is 0.274. The summed E-state index contributed by atoms with van der Waals surface area (Å²) in [5.74, 6) is -1.52. The summed E-state index contributed by atoms with van der Waals surface area (Å²) in [5, 5.41) is 0. The summed E-state index contributed by atoms with van der Waals surface area (Å²) in [4.78, 5) is 0. The van der Waals surface area contributed by atoms with E-state index < -0.39 is 17.0 Å². The molecule has 2 aromatic rings. The molecule has 2 rings (SSSR count). The monoisotopic (exact) mass is 293 g/mol. The van der Waals surface area contributed by atoms with Gasteiger partial charge < -0.3 is 5.73 Å². The van der Waals surface area contributed by atoms with Gasteiger partial charge in [-0.15, -0.1) is 0 Å². The molecule has 0 saturated carbocycles. The largest absolute Gasteiger partial charge is 0.327 e. The van der Waals surface area contributed by atoms with Gasteiger partial charge in [-0.05, 0) is 35.7 Å². The molecule has 0 bridgehead atoms. The quantitative estimate of drug-likeness (QED) is 0.907. The zero-order valence-electron chi connectivity index (χ0n) is 12.0. The number of hydrogen-bond acceptors (Lipinski definition) is 1. The van der Waals surface area contributed by atoms with Gasteiger partial charge in [0.15, 0.2) is 0 Å². The van der Waals surface area contributed by atoms with Crippen LogP contribution in [0, 0.1) is 17.5 Å². The van der Waals surface area contributed by atoms with Crippen LogP contribution in [0.2, 0.25) is 0 Å².